The quantitative estimate of drug-likeness (QED) is 0.544. The average molecular weight is 360 g/mol. The SMILES string of the molecule is CC1=C/C[C@@H]([C@@H](C)O)OC(=O)/C=C\C=C/C[C@H](O)/C(C)=C\CC/C(C)=C\1. The molecule has 0 aromatic rings. The lowest BCUT2D eigenvalue weighted by Crippen LogP contribution is -2.28. The number of cyclic esters (lactones) is 1. The summed E-state index contributed by atoms with van der Waals surface area (Å²) in [4.78, 5) is 11.9. The molecule has 1 aliphatic rings. The number of carbonyl (C=O) groups is 1. The Bertz CT molecular complexity index is 606. The van der Waals surface area contributed by atoms with Crippen molar-refractivity contribution in [3.05, 3.63) is 59.3 Å². The molecule has 0 saturated heterocycles. The van der Waals surface area contributed by atoms with Crippen molar-refractivity contribution in [2.45, 2.75) is 71.7 Å². The van der Waals surface area contributed by atoms with E-state index in [-0.39, 0.29) is 0 Å². The molecule has 0 radical (unpaired) electrons. The van der Waals surface area contributed by atoms with E-state index in [0.717, 1.165) is 24.0 Å². The first-order valence-corrected chi connectivity index (χ1v) is 9.20. The molecule has 0 bridgehead atoms. The summed E-state index contributed by atoms with van der Waals surface area (Å²) in [6.45, 7) is 7.63. The van der Waals surface area contributed by atoms with Crippen molar-refractivity contribution < 1.29 is 19.7 Å². The van der Waals surface area contributed by atoms with Crippen LogP contribution in [0.15, 0.2) is 59.3 Å². The minimum absolute atomic E-state index is 0.466. The van der Waals surface area contributed by atoms with Crippen LogP contribution in [0.1, 0.15) is 53.4 Å². The zero-order valence-corrected chi connectivity index (χ0v) is 16.3. The Labute approximate surface area is 157 Å². The zero-order valence-electron chi connectivity index (χ0n) is 16.3. The van der Waals surface area contributed by atoms with Crippen LogP contribution in [0.2, 0.25) is 0 Å². The predicted molar refractivity (Wildman–Crippen MR) is 106 cm³/mol. The van der Waals surface area contributed by atoms with Gasteiger partial charge in [0.2, 0.25) is 0 Å². The van der Waals surface area contributed by atoms with E-state index in [1.807, 2.05) is 26.0 Å². The number of ether oxygens (including phenoxy) is 1. The molecule has 4 nitrogen and oxygen atoms in total. The fourth-order valence-electron chi connectivity index (χ4n) is 2.62. The van der Waals surface area contributed by atoms with Crippen molar-refractivity contribution in [1.82, 2.24) is 0 Å². The molecule has 4 heteroatoms. The maximum absolute atomic E-state index is 11.9. The van der Waals surface area contributed by atoms with Gasteiger partial charge in [0.05, 0.1) is 12.2 Å². The van der Waals surface area contributed by atoms with Gasteiger partial charge < -0.3 is 14.9 Å². The van der Waals surface area contributed by atoms with E-state index >= 15 is 0 Å². The fraction of sp³-hybridized carbons (Fsp3) is 0.500. The van der Waals surface area contributed by atoms with E-state index in [1.54, 1.807) is 19.1 Å². The van der Waals surface area contributed by atoms with Crippen LogP contribution in [-0.4, -0.2) is 34.5 Å². The Balaban J connectivity index is 2.98. The number of aliphatic hydroxyl groups excluding tert-OH is 2. The Morgan fingerprint density at radius 1 is 1.15 bits per heavy atom. The van der Waals surface area contributed by atoms with Crippen LogP contribution in [0.25, 0.3) is 0 Å². The van der Waals surface area contributed by atoms with Crippen molar-refractivity contribution in [2.24, 2.45) is 0 Å². The minimum Gasteiger partial charge on any atom is -0.456 e. The normalized spacial score (nSPS) is 33.8. The van der Waals surface area contributed by atoms with Crippen molar-refractivity contribution in [3.8, 4) is 0 Å². The van der Waals surface area contributed by atoms with Gasteiger partial charge in [-0.1, -0.05) is 47.6 Å². The molecule has 0 aliphatic carbocycles. The number of hydrogen-bond donors (Lipinski definition) is 2. The molecule has 3 atom stereocenters. The highest BCUT2D eigenvalue weighted by atomic mass is 16.6. The molecule has 26 heavy (non-hydrogen) atoms. The molecule has 0 aromatic carbocycles. The number of rotatable bonds is 1. The van der Waals surface area contributed by atoms with Gasteiger partial charge in [0.25, 0.3) is 0 Å². The van der Waals surface area contributed by atoms with Crippen LogP contribution < -0.4 is 0 Å². The van der Waals surface area contributed by atoms with Crippen molar-refractivity contribution in [2.75, 3.05) is 0 Å². The summed E-state index contributed by atoms with van der Waals surface area (Å²) in [5, 5.41) is 20.0. The van der Waals surface area contributed by atoms with E-state index in [0.29, 0.717) is 12.8 Å². The molecule has 0 fully saturated rings. The summed E-state index contributed by atoms with van der Waals surface area (Å²) in [7, 11) is 0. The minimum atomic E-state index is -0.745. The Morgan fingerprint density at radius 3 is 2.58 bits per heavy atom. The van der Waals surface area contributed by atoms with Crippen molar-refractivity contribution in [1.29, 1.82) is 0 Å². The van der Waals surface area contributed by atoms with Gasteiger partial charge in [-0.25, -0.2) is 4.79 Å². The first kappa shape index (κ1) is 22.1. The van der Waals surface area contributed by atoms with E-state index in [4.69, 9.17) is 4.74 Å². The Morgan fingerprint density at radius 2 is 1.88 bits per heavy atom. The molecule has 144 valence electrons. The van der Waals surface area contributed by atoms with Crippen LogP contribution in [0, 0.1) is 0 Å². The number of aliphatic hydroxyl groups is 2. The Hall–Kier alpha value is -1.91. The van der Waals surface area contributed by atoms with Crippen LogP contribution in [0.4, 0.5) is 0 Å². The molecule has 2 N–H and O–H groups in total. The van der Waals surface area contributed by atoms with Gasteiger partial charge in [-0.2, -0.15) is 0 Å². The van der Waals surface area contributed by atoms with Gasteiger partial charge in [-0.05, 0) is 52.5 Å². The lowest BCUT2D eigenvalue weighted by atomic mass is 10.0. The molecule has 1 aliphatic heterocycles. The van der Waals surface area contributed by atoms with E-state index in [1.165, 1.54) is 11.6 Å². The van der Waals surface area contributed by atoms with Gasteiger partial charge in [-0.3, -0.25) is 0 Å². The Kier molecular flexibility index (Phi) is 9.92. The summed E-state index contributed by atoms with van der Waals surface area (Å²) < 4.78 is 5.34. The van der Waals surface area contributed by atoms with Crippen LogP contribution in [0.5, 0.6) is 0 Å². The topological polar surface area (TPSA) is 66.8 Å². The molecule has 0 spiro atoms. The van der Waals surface area contributed by atoms with Crippen molar-refractivity contribution in [3.63, 3.8) is 0 Å². The molecule has 0 saturated carbocycles. The highest BCUT2D eigenvalue weighted by Crippen LogP contribution is 2.15. The third-order valence-electron chi connectivity index (χ3n) is 4.32. The monoisotopic (exact) mass is 360 g/mol. The third kappa shape index (κ3) is 8.97. The summed E-state index contributed by atoms with van der Waals surface area (Å²) in [6, 6.07) is 0. The second-order valence-corrected chi connectivity index (χ2v) is 6.92. The molecule has 1 heterocycles. The summed E-state index contributed by atoms with van der Waals surface area (Å²) in [5.41, 5.74) is 3.27. The summed E-state index contributed by atoms with van der Waals surface area (Å²) in [6.07, 6.45) is 13.5. The molecule has 0 unspecified atom stereocenters. The molecular formula is C22H32O4. The van der Waals surface area contributed by atoms with Gasteiger partial charge >= 0.3 is 5.97 Å². The molecular weight excluding hydrogens is 328 g/mol. The van der Waals surface area contributed by atoms with Gasteiger partial charge in [0.1, 0.15) is 6.10 Å². The molecule has 1 rings (SSSR count). The van der Waals surface area contributed by atoms with Crippen molar-refractivity contribution >= 4 is 5.97 Å². The maximum Gasteiger partial charge on any atom is 0.331 e. The number of esters is 1. The fourth-order valence-corrected chi connectivity index (χ4v) is 2.62. The smallest absolute Gasteiger partial charge is 0.331 e. The lowest BCUT2D eigenvalue weighted by Gasteiger charge is -2.18. The van der Waals surface area contributed by atoms with Gasteiger partial charge in [0, 0.05) is 12.5 Å². The van der Waals surface area contributed by atoms with E-state index in [9.17, 15) is 15.0 Å². The van der Waals surface area contributed by atoms with Crippen LogP contribution in [-0.2, 0) is 9.53 Å². The second kappa shape index (κ2) is 11.7. The first-order chi connectivity index (χ1) is 12.3. The predicted octanol–water partition coefficient (Wildman–Crippen LogP) is 4.17. The average Bonchev–Trinajstić information content (AvgIpc) is 2.56. The standard InChI is InChI=1S/C22H32O4/c1-16-9-8-10-18(3)20(24)11-6-5-7-12-22(25)26-21(19(4)23)14-13-17(2)15-16/h5-7,10,12-13,15,19-21,23-24H,8-9,11,14H2,1-4H3/b6-5-,12-7-,16-15-,17-13-,18-10-/t19-,20+,21+/m1/s1. The van der Waals surface area contributed by atoms with Crippen LogP contribution in [0.3, 0.4) is 0 Å². The maximum atomic E-state index is 11.9. The zero-order chi connectivity index (χ0) is 19.5. The third-order valence-corrected chi connectivity index (χ3v) is 4.32. The van der Waals surface area contributed by atoms with E-state index < -0.39 is 24.3 Å². The lowest BCUT2D eigenvalue weighted by molar-refractivity contribution is -0.148. The number of allylic oxidation sites excluding steroid dienone is 6. The number of carbonyl (C=O) groups excluding carboxylic acids is 1. The highest BCUT2D eigenvalue weighted by molar-refractivity contribution is 5.82. The summed E-state index contributed by atoms with van der Waals surface area (Å²) >= 11 is 0. The van der Waals surface area contributed by atoms with Crippen LogP contribution >= 0.6 is 0 Å². The van der Waals surface area contributed by atoms with Gasteiger partial charge in [0.15, 0.2) is 0 Å². The first-order valence-electron chi connectivity index (χ1n) is 9.20. The highest BCUT2D eigenvalue weighted by Gasteiger charge is 2.17. The van der Waals surface area contributed by atoms with Gasteiger partial charge in [-0.15, -0.1) is 0 Å². The number of hydrogen-bond acceptors (Lipinski definition) is 4. The summed E-state index contributed by atoms with van der Waals surface area (Å²) in [5.74, 6) is -0.490. The molecule has 0 amide bonds. The largest absolute Gasteiger partial charge is 0.456 e. The molecule has 0 aromatic heterocycles. The van der Waals surface area contributed by atoms with E-state index in [2.05, 4.69) is 19.1 Å². The second-order valence-electron chi connectivity index (χ2n) is 6.92.